The first-order valence-corrected chi connectivity index (χ1v) is 9.74. The van der Waals surface area contributed by atoms with Gasteiger partial charge < -0.3 is 4.57 Å². The summed E-state index contributed by atoms with van der Waals surface area (Å²) in [6, 6.07) is 18.5. The summed E-state index contributed by atoms with van der Waals surface area (Å²) >= 11 is 1.54. The zero-order chi connectivity index (χ0) is 19.3. The summed E-state index contributed by atoms with van der Waals surface area (Å²) in [7, 11) is 0. The van der Waals surface area contributed by atoms with Gasteiger partial charge in [-0.15, -0.1) is 11.3 Å². The molecule has 0 aliphatic rings. The van der Waals surface area contributed by atoms with E-state index in [0.717, 1.165) is 21.3 Å². The van der Waals surface area contributed by atoms with Crippen molar-refractivity contribution in [3.8, 4) is 0 Å². The lowest BCUT2D eigenvalue weighted by atomic mass is 10.2. The highest BCUT2D eigenvalue weighted by Gasteiger charge is 2.09. The largest absolute Gasteiger partial charge is 0.342 e. The van der Waals surface area contributed by atoms with Crippen LogP contribution in [0.25, 0.3) is 10.9 Å². The third kappa shape index (κ3) is 4.02. The predicted molar refractivity (Wildman–Crippen MR) is 111 cm³/mol. The summed E-state index contributed by atoms with van der Waals surface area (Å²) in [5.74, 6) is -0.384. The van der Waals surface area contributed by atoms with E-state index in [2.05, 4.69) is 10.5 Å². The summed E-state index contributed by atoms with van der Waals surface area (Å²) in [5, 5.41) is 7.04. The lowest BCUT2D eigenvalue weighted by molar-refractivity contribution is -0.120. The number of nitrogens with one attached hydrogen (secondary N) is 1. The Morgan fingerprint density at radius 3 is 2.75 bits per heavy atom. The molecule has 0 saturated heterocycles. The van der Waals surface area contributed by atoms with E-state index in [0.29, 0.717) is 18.5 Å². The Hall–Kier alpha value is -3.25. The maximum Gasteiger partial charge on any atom is 0.245 e. The molecule has 0 radical (unpaired) electrons. The zero-order valence-electron chi connectivity index (χ0n) is 15.0. The van der Waals surface area contributed by atoms with Crippen LogP contribution >= 0.6 is 11.3 Å². The first-order chi connectivity index (χ1) is 13.7. The predicted octanol–water partition coefficient (Wildman–Crippen LogP) is 4.58. The molecule has 2 aromatic carbocycles. The Labute approximate surface area is 165 Å². The van der Waals surface area contributed by atoms with Crippen LogP contribution in [0.2, 0.25) is 0 Å². The number of halogens is 1. The third-order valence-electron chi connectivity index (χ3n) is 4.43. The van der Waals surface area contributed by atoms with Crippen LogP contribution in [0.5, 0.6) is 0 Å². The highest BCUT2D eigenvalue weighted by molar-refractivity contribution is 7.10. The number of amides is 1. The number of carbonyl (C=O) groups excluding carboxylic acids is 1. The van der Waals surface area contributed by atoms with E-state index in [4.69, 9.17) is 0 Å². The van der Waals surface area contributed by atoms with Crippen LogP contribution in [0.3, 0.4) is 0 Å². The number of para-hydroxylation sites is 1. The Morgan fingerprint density at radius 2 is 1.93 bits per heavy atom. The molecule has 140 valence electrons. The molecule has 1 N–H and O–H groups in total. The summed E-state index contributed by atoms with van der Waals surface area (Å²) in [5.41, 5.74) is 5.04. The summed E-state index contributed by atoms with van der Waals surface area (Å²) in [6.45, 7) is 0.422. The van der Waals surface area contributed by atoms with Gasteiger partial charge in [0.2, 0.25) is 5.91 Å². The number of carbonyl (C=O) groups is 1. The van der Waals surface area contributed by atoms with Crippen LogP contribution in [0, 0.1) is 5.82 Å². The first-order valence-electron chi connectivity index (χ1n) is 8.86. The van der Waals surface area contributed by atoms with Gasteiger partial charge in [0, 0.05) is 33.1 Å². The number of hydrazone groups is 1. The number of hydrogen-bond acceptors (Lipinski definition) is 3. The van der Waals surface area contributed by atoms with Crippen molar-refractivity contribution in [3.05, 3.63) is 94.1 Å². The monoisotopic (exact) mass is 391 g/mol. The molecular formula is C22H18FN3OS. The Morgan fingerprint density at radius 1 is 1.11 bits per heavy atom. The Kier molecular flexibility index (Phi) is 5.30. The van der Waals surface area contributed by atoms with Crippen molar-refractivity contribution in [2.45, 2.75) is 13.0 Å². The molecule has 0 bridgehead atoms. The van der Waals surface area contributed by atoms with Crippen molar-refractivity contribution < 1.29 is 9.18 Å². The lowest BCUT2D eigenvalue weighted by Crippen LogP contribution is -2.19. The molecule has 0 aliphatic heterocycles. The van der Waals surface area contributed by atoms with Crippen molar-refractivity contribution in [1.29, 1.82) is 0 Å². The standard InChI is InChI=1S/C22H18FN3OS/c23-20-9-3-1-6-16(20)14-26-15-17(19-8-2-4-10-21(19)26)13-24-25-22(27)12-18-7-5-11-28-18/h1-11,13,15H,12,14H2,(H,25,27)/b24-13-. The van der Waals surface area contributed by atoms with Crippen molar-refractivity contribution in [3.63, 3.8) is 0 Å². The second-order valence-corrected chi connectivity index (χ2v) is 7.40. The normalized spacial score (nSPS) is 11.3. The molecule has 28 heavy (non-hydrogen) atoms. The number of nitrogens with zero attached hydrogens (tertiary/aromatic N) is 2. The van der Waals surface area contributed by atoms with E-state index in [1.807, 2.05) is 58.6 Å². The van der Waals surface area contributed by atoms with Crippen LogP contribution in [0.4, 0.5) is 4.39 Å². The van der Waals surface area contributed by atoms with Crippen molar-refractivity contribution in [2.24, 2.45) is 5.10 Å². The highest BCUT2D eigenvalue weighted by Crippen LogP contribution is 2.22. The Bertz CT molecular complexity index is 1130. The molecule has 4 rings (SSSR count). The average molecular weight is 391 g/mol. The molecule has 4 aromatic rings. The van der Waals surface area contributed by atoms with Gasteiger partial charge in [-0.3, -0.25) is 4.79 Å². The van der Waals surface area contributed by atoms with Gasteiger partial charge in [-0.2, -0.15) is 5.10 Å². The van der Waals surface area contributed by atoms with E-state index in [1.165, 1.54) is 6.07 Å². The molecule has 0 unspecified atom stereocenters. The fourth-order valence-corrected chi connectivity index (χ4v) is 3.81. The fourth-order valence-electron chi connectivity index (χ4n) is 3.10. The molecule has 0 atom stereocenters. The van der Waals surface area contributed by atoms with E-state index in [-0.39, 0.29) is 11.7 Å². The second kappa shape index (κ2) is 8.19. The van der Waals surface area contributed by atoms with Gasteiger partial charge in [0.15, 0.2) is 0 Å². The van der Waals surface area contributed by atoms with E-state index >= 15 is 0 Å². The van der Waals surface area contributed by atoms with E-state index in [1.54, 1.807) is 29.7 Å². The van der Waals surface area contributed by atoms with Crippen LogP contribution in [-0.4, -0.2) is 16.7 Å². The minimum Gasteiger partial charge on any atom is -0.342 e. The molecule has 0 saturated carbocycles. The number of fused-ring (bicyclic) bond motifs is 1. The quantitative estimate of drug-likeness (QED) is 0.379. The highest BCUT2D eigenvalue weighted by atomic mass is 32.1. The van der Waals surface area contributed by atoms with Gasteiger partial charge in [-0.05, 0) is 23.6 Å². The minimum absolute atomic E-state index is 0.159. The molecule has 2 aromatic heterocycles. The van der Waals surface area contributed by atoms with Crippen molar-refractivity contribution >= 4 is 34.4 Å². The third-order valence-corrected chi connectivity index (χ3v) is 5.30. The van der Waals surface area contributed by atoms with Gasteiger partial charge in [0.1, 0.15) is 5.82 Å². The number of aromatic nitrogens is 1. The lowest BCUT2D eigenvalue weighted by Gasteiger charge is -2.06. The van der Waals surface area contributed by atoms with Gasteiger partial charge in [-0.1, -0.05) is 42.5 Å². The Balaban J connectivity index is 1.54. The molecule has 0 spiro atoms. The van der Waals surface area contributed by atoms with Gasteiger partial charge >= 0.3 is 0 Å². The van der Waals surface area contributed by atoms with E-state index < -0.39 is 0 Å². The second-order valence-electron chi connectivity index (χ2n) is 6.37. The molecule has 0 aliphatic carbocycles. The average Bonchev–Trinajstić information content (AvgIpc) is 3.32. The fraction of sp³-hybridized carbons (Fsp3) is 0.0909. The minimum atomic E-state index is -0.226. The number of rotatable bonds is 6. The summed E-state index contributed by atoms with van der Waals surface area (Å²) in [6.07, 6.45) is 3.86. The van der Waals surface area contributed by atoms with Crippen LogP contribution in [-0.2, 0) is 17.8 Å². The molecular weight excluding hydrogens is 373 g/mol. The topological polar surface area (TPSA) is 46.4 Å². The first kappa shape index (κ1) is 18.1. The maximum atomic E-state index is 14.0. The zero-order valence-corrected chi connectivity index (χ0v) is 15.8. The van der Waals surface area contributed by atoms with Gasteiger partial charge in [0.05, 0.1) is 19.2 Å². The van der Waals surface area contributed by atoms with Crippen molar-refractivity contribution in [2.75, 3.05) is 0 Å². The molecule has 2 heterocycles. The van der Waals surface area contributed by atoms with Crippen LogP contribution in [0.15, 0.2) is 77.3 Å². The molecule has 6 heteroatoms. The molecule has 0 fully saturated rings. The molecule has 4 nitrogen and oxygen atoms in total. The number of benzene rings is 2. The van der Waals surface area contributed by atoms with Gasteiger partial charge in [0.25, 0.3) is 0 Å². The summed E-state index contributed by atoms with van der Waals surface area (Å²) in [4.78, 5) is 13.0. The van der Waals surface area contributed by atoms with E-state index in [9.17, 15) is 9.18 Å². The van der Waals surface area contributed by atoms with Gasteiger partial charge in [-0.25, -0.2) is 9.82 Å². The number of hydrogen-bond donors (Lipinski definition) is 1. The molecule has 1 amide bonds. The smallest absolute Gasteiger partial charge is 0.245 e. The SMILES string of the molecule is O=C(Cc1cccs1)N/N=C\c1cn(Cc2ccccc2F)c2ccccc12. The van der Waals surface area contributed by atoms with Crippen LogP contribution < -0.4 is 5.43 Å². The van der Waals surface area contributed by atoms with Crippen molar-refractivity contribution in [1.82, 2.24) is 9.99 Å². The summed E-state index contributed by atoms with van der Waals surface area (Å²) < 4.78 is 16.0. The number of thiophene rings is 1. The maximum absolute atomic E-state index is 14.0. The van der Waals surface area contributed by atoms with Crippen LogP contribution in [0.1, 0.15) is 16.0 Å².